The smallest absolute Gasteiger partial charge is 0.220 e. The number of fused-ring (bicyclic) bond motifs is 2. The molecule has 4 aromatic rings. The molecule has 0 unspecified atom stereocenters. The summed E-state index contributed by atoms with van der Waals surface area (Å²) in [5, 5.41) is 10.1. The molecule has 3 heterocycles. The quantitative estimate of drug-likeness (QED) is 0.562. The molecule has 2 aromatic carbocycles. The molecule has 25 heavy (non-hydrogen) atoms. The molecule has 0 saturated carbocycles. The molecule has 124 valence electrons. The van der Waals surface area contributed by atoms with Crippen molar-refractivity contribution >= 4 is 10.9 Å². The normalized spacial score (nSPS) is 13.2. The number of halogens is 1. The summed E-state index contributed by atoms with van der Waals surface area (Å²) in [6, 6.07) is 12.6. The Balaban J connectivity index is 1.76. The summed E-state index contributed by atoms with van der Waals surface area (Å²) in [5.74, 6) is 0.505. The van der Waals surface area contributed by atoms with Gasteiger partial charge in [0.25, 0.3) is 0 Å². The summed E-state index contributed by atoms with van der Waals surface area (Å²) in [6.07, 6.45) is 1.85. The van der Waals surface area contributed by atoms with E-state index in [1.165, 1.54) is 12.1 Å². The summed E-state index contributed by atoms with van der Waals surface area (Å²) >= 11 is 0. The minimum atomic E-state index is -0.260. The van der Waals surface area contributed by atoms with Gasteiger partial charge in [0.15, 0.2) is 0 Å². The molecule has 0 saturated heterocycles. The van der Waals surface area contributed by atoms with Crippen molar-refractivity contribution in [3.63, 3.8) is 0 Å². The van der Waals surface area contributed by atoms with Crippen LogP contribution in [-0.2, 0) is 13.6 Å². The van der Waals surface area contributed by atoms with Crippen LogP contribution >= 0.6 is 0 Å². The van der Waals surface area contributed by atoms with Gasteiger partial charge in [-0.25, -0.2) is 9.07 Å². The molecular weight excluding hydrogens is 319 g/mol. The molecule has 2 aromatic heterocycles. The van der Waals surface area contributed by atoms with Crippen molar-refractivity contribution in [2.75, 3.05) is 6.61 Å². The molecule has 0 fully saturated rings. The maximum atomic E-state index is 13.3. The Morgan fingerprint density at radius 1 is 1.08 bits per heavy atom. The monoisotopic (exact) mass is 334 g/mol. The Bertz CT molecular complexity index is 1090. The number of benzene rings is 2. The van der Waals surface area contributed by atoms with E-state index >= 15 is 0 Å². The lowest BCUT2D eigenvalue weighted by Crippen LogP contribution is -1.96. The molecule has 0 radical (unpaired) electrons. The first kappa shape index (κ1) is 14.2. The van der Waals surface area contributed by atoms with E-state index in [-0.39, 0.29) is 5.82 Å². The van der Waals surface area contributed by atoms with Gasteiger partial charge < -0.3 is 4.74 Å². The molecule has 5 rings (SSSR count). The Morgan fingerprint density at radius 2 is 1.88 bits per heavy atom. The van der Waals surface area contributed by atoms with E-state index < -0.39 is 0 Å². The fourth-order valence-corrected chi connectivity index (χ4v) is 3.34. The van der Waals surface area contributed by atoms with Crippen LogP contribution in [0.3, 0.4) is 0 Å². The van der Waals surface area contributed by atoms with Crippen molar-refractivity contribution in [3.05, 3.63) is 54.5 Å². The fourth-order valence-electron chi connectivity index (χ4n) is 3.34. The van der Waals surface area contributed by atoms with Gasteiger partial charge in [-0.3, -0.25) is 4.68 Å². The lowest BCUT2D eigenvalue weighted by molar-refractivity contribution is 0.358. The second-order valence-electron chi connectivity index (χ2n) is 6.15. The molecule has 1 aliphatic rings. The number of hydrogen-bond donors (Lipinski definition) is 0. The highest BCUT2D eigenvalue weighted by Crippen LogP contribution is 2.41. The maximum absolute atomic E-state index is 13.3. The number of hydrogen-bond acceptors (Lipinski definition) is 3. The molecule has 0 N–H and O–H groups in total. The van der Waals surface area contributed by atoms with E-state index in [0.29, 0.717) is 6.61 Å². The highest BCUT2D eigenvalue weighted by molar-refractivity contribution is 5.90. The molecule has 1 aliphatic heterocycles. The number of nitrogens with zero attached hydrogens (tertiary/aromatic N) is 4. The average molecular weight is 334 g/mol. The number of rotatable bonds is 2. The van der Waals surface area contributed by atoms with Crippen LogP contribution in [-0.4, -0.2) is 26.2 Å². The van der Waals surface area contributed by atoms with Gasteiger partial charge in [-0.05, 0) is 35.9 Å². The molecule has 0 amide bonds. The first-order valence-corrected chi connectivity index (χ1v) is 8.12. The summed E-state index contributed by atoms with van der Waals surface area (Å²) in [6.45, 7) is 1.34. The van der Waals surface area contributed by atoms with Crippen molar-refractivity contribution in [1.82, 2.24) is 19.6 Å². The van der Waals surface area contributed by atoms with E-state index in [2.05, 4.69) is 17.2 Å². The van der Waals surface area contributed by atoms with Crippen LogP contribution in [0.5, 0.6) is 5.88 Å². The van der Waals surface area contributed by atoms with Gasteiger partial charge in [-0.1, -0.05) is 12.1 Å². The second kappa shape index (κ2) is 5.17. The average Bonchev–Trinajstić information content (AvgIpc) is 3.30. The second-order valence-corrected chi connectivity index (χ2v) is 6.15. The van der Waals surface area contributed by atoms with Crippen LogP contribution in [0.4, 0.5) is 4.39 Å². The Morgan fingerprint density at radius 3 is 2.72 bits per heavy atom. The van der Waals surface area contributed by atoms with Crippen molar-refractivity contribution < 1.29 is 9.13 Å². The Labute approximate surface area is 143 Å². The summed E-state index contributed by atoms with van der Waals surface area (Å²) in [5.41, 5.74) is 4.66. The lowest BCUT2D eigenvalue weighted by Gasteiger charge is -2.07. The van der Waals surface area contributed by atoms with Crippen molar-refractivity contribution in [3.8, 4) is 28.3 Å². The third-order valence-electron chi connectivity index (χ3n) is 4.60. The van der Waals surface area contributed by atoms with Crippen LogP contribution < -0.4 is 4.74 Å². The molecule has 0 aliphatic carbocycles. The first-order chi connectivity index (χ1) is 12.2. The van der Waals surface area contributed by atoms with Crippen LogP contribution in [0.1, 0.15) is 0 Å². The van der Waals surface area contributed by atoms with Gasteiger partial charge in [0.1, 0.15) is 18.1 Å². The third kappa shape index (κ3) is 2.14. The van der Waals surface area contributed by atoms with Crippen LogP contribution in [0.25, 0.3) is 33.3 Å². The minimum absolute atomic E-state index is 0.260. The number of aryl methyl sites for hydroxylation is 1. The Kier molecular flexibility index (Phi) is 2.94. The first-order valence-electron chi connectivity index (χ1n) is 8.12. The van der Waals surface area contributed by atoms with Gasteiger partial charge in [0.05, 0.1) is 23.8 Å². The molecule has 5 nitrogen and oxygen atoms in total. The zero-order chi connectivity index (χ0) is 17.0. The van der Waals surface area contributed by atoms with Crippen LogP contribution in [0, 0.1) is 5.82 Å². The van der Waals surface area contributed by atoms with Crippen molar-refractivity contribution in [1.29, 1.82) is 0 Å². The minimum Gasteiger partial charge on any atom is -0.475 e. The standard InChI is InChI=1S/C19H15FN4O/c1-23-16-10-13(2-3-14(16)11-21-23)17-18(12-4-6-15(20)7-5-12)22-24-8-9-25-19(17)24/h2-7,10-11H,8-9H2,1H3. The Hall–Kier alpha value is -3.15. The maximum Gasteiger partial charge on any atom is 0.220 e. The van der Waals surface area contributed by atoms with Crippen LogP contribution in [0.2, 0.25) is 0 Å². The van der Waals surface area contributed by atoms with Gasteiger partial charge in [0, 0.05) is 18.0 Å². The highest BCUT2D eigenvalue weighted by atomic mass is 19.1. The largest absolute Gasteiger partial charge is 0.475 e. The zero-order valence-electron chi connectivity index (χ0n) is 13.6. The highest BCUT2D eigenvalue weighted by Gasteiger charge is 2.25. The van der Waals surface area contributed by atoms with E-state index in [1.54, 1.807) is 12.1 Å². The van der Waals surface area contributed by atoms with Gasteiger partial charge in [-0.15, -0.1) is 0 Å². The molecule has 0 spiro atoms. The predicted octanol–water partition coefficient (Wildman–Crippen LogP) is 3.64. The van der Waals surface area contributed by atoms with E-state index in [4.69, 9.17) is 9.84 Å². The van der Waals surface area contributed by atoms with Gasteiger partial charge >= 0.3 is 0 Å². The predicted molar refractivity (Wildman–Crippen MR) is 92.8 cm³/mol. The topological polar surface area (TPSA) is 44.9 Å². The lowest BCUT2D eigenvalue weighted by atomic mass is 10.0. The molecule has 0 atom stereocenters. The molecule has 0 bridgehead atoms. The van der Waals surface area contributed by atoms with Crippen molar-refractivity contribution in [2.45, 2.75) is 6.54 Å². The number of aromatic nitrogens is 4. The van der Waals surface area contributed by atoms with Gasteiger partial charge in [0.2, 0.25) is 5.88 Å². The van der Waals surface area contributed by atoms with Crippen LogP contribution in [0.15, 0.2) is 48.7 Å². The van der Waals surface area contributed by atoms with Crippen molar-refractivity contribution in [2.24, 2.45) is 7.05 Å². The van der Waals surface area contributed by atoms with E-state index in [1.807, 2.05) is 28.7 Å². The van der Waals surface area contributed by atoms with Gasteiger partial charge in [-0.2, -0.15) is 10.2 Å². The fraction of sp³-hybridized carbons (Fsp3) is 0.158. The van der Waals surface area contributed by atoms with E-state index in [9.17, 15) is 4.39 Å². The molecular formula is C19H15FN4O. The summed E-state index contributed by atoms with van der Waals surface area (Å²) in [4.78, 5) is 0. The number of ether oxygens (including phenoxy) is 1. The SMILES string of the molecule is Cn1ncc2ccc(-c3c(-c4ccc(F)cc4)nn4c3OCC4)cc21. The summed E-state index contributed by atoms with van der Waals surface area (Å²) < 4.78 is 22.9. The summed E-state index contributed by atoms with van der Waals surface area (Å²) in [7, 11) is 1.92. The zero-order valence-corrected chi connectivity index (χ0v) is 13.6. The van der Waals surface area contributed by atoms with E-state index in [0.717, 1.165) is 45.7 Å². The third-order valence-corrected chi connectivity index (χ3v) is 4.60. The molecule has 6 heteroatoms.